The van der Waals surface area contributed by atoms with Crippen molar-refractivity contribution < 1.29 is 4.74 Å². The number of hydrogen-bond acceptors (Lipinski definition) is 1. The van der Waals surface area contributed by atoms with Gasteiger partial charge in [0.2, 0.25) is 0 Å². The summed E-state index contributed by atoms with van der Waals surface area (Å²) in [6.45, 7) is 6.42. The molecule has 0 heterocycles. The molecule has 0 spiro atoms. The summed E-state index contributed by atoms with van der Waals surface area (Å²) in [5.41, 5.74) is 0.0214. The van der Waals surface area contributed by atoms with Gasteiger partial charge in [0.1, 0.15) is 0 Å². The van der Waals surface area contributed by atoms with Gasteiger partial charge in [0, 0.05) is 0 Å². The number of hydrogen-bond donors (Lipinski definition) is 0. The summed E-state index contributed by atoms with van der Waals surface area (Å²) < 4.78 is 5.98. The molecule has 13 heavy (non-hydrogen) atoms. The zero-order valence-corrected chi connectivity index (χ0v) is 9.18. The van der Waals surface area contributed by atoms with E-state index in [0.717, 1.165) is 0 Å². The summed E-state index contributed by atoms with van der Waals surface area (Å²) in [6.07, 6.45) is 11.2. The first-order chi connectivity index (χ1) is 6.08. The van der Waals surface area contributed by atoms with E-state index in [-0.39, 0.29) is 5.60 Å². The molecule has 0 aromatic carbocycles. The van der Waals surface area contributed by atoms with Crippen molar-refractivity contribution in [1.29, 1.82) is 0 Å². The van der Waals surface area contributed by atoms with Gasteiger partial charge in [-0.3, -0.25) is 0 Å². The molecule has 1 aliphatic carbocycles. The first kappa shape index (κ1) is 10.8. The molecule has 0 saturated heterocycles. The van der Waals surface area contributed by atoms with Gasteiger partial charge in [-0.25, -0.2) is 0 Å². The maximum absolute atomic E-state index is 5.98. The molecular formula is C12H22O. The molecule has 1 aliphatic rings. The number of allylic oxidation sites excluding steroid dienone is 2. The van der Waals surface area contributed by atoms with Gasteiger partial charge in [0.15, 0.2) is 0 Å². The average molecular weight is 182 g/mol. The van der Waals surface area contributed by atoms with E-state index in [1.165, 1.54) is 32.1 Å². The largest absolute Gasteiger partial charge is 0.373 e. The zero-order chi connectivity index (χ0) is 9.73. The molecule has 0 amide bonds. The number of ether oxygens (including phenoxy) is 1. The smallest absolute Gasteiger partial charge is 0.0602 e. The van der Waals surface area contributed by atoms with Crippen LogP contribution in [0.1, 0.15) is 52.9 Å². The second kappa shape index (κ2) is 4.80. The Kier molecular flexibility index (Phi) is 3.98. The SMILES string of the molecule is CC(C)(C)OC1CC/C=C\CCC1. The summed E-state index contributed by atoms with van der Waals surface area (Å²) in [5, 5.41) is 0. The van der Waals surface area contributed by atoms with Gasteiger partial charge in [-0.1, -0.05) is 12.2 Å². The first-order valence-corrected chi connectivity index (χ1v) is 5.41. The fourth-order valence-electron chi connectivity index (χ4n) is 1.74. The average Bonchev–Trinajstić information content (AvgIpc) is 1.92. The van der Waals surface area contributed by atoms with E-state index >= 15 is 0 Å². The molecule has 0 saturated carbocycles. The van der Waals surface area contributed by atoms with Crippen molar-refractivity contribution in [3.63, 3.8) is 0 Å². The Bertz CT molecular complexity index is 164. The summed E-state index contributed by atoms with van der Waals surface area (Å²) in [6, 6.07) is 0. The molecule has 1 heteroatoms. The summed E-state index contributed by atoms with van der Waals surface area (Å²) in [7, 11) is 0. The zero-order valence-electron chi connectivity index (χ0n) is 9.18. The Labute approximate surface area is 82.2 Å². The van der Waals surface area contributed by atoms with Crippen LogP contribution in [-0.4, -0.2) is 11.7 Å². The molecule has 1 atom stereocenters. The lowest BCUT2D eigenvalue weighted by atomic mass is 10.0. The fourth-order valence-corrected chi connectivity index (χ4v) is 1.74. The van der Waals surface area contributed by atoms with Crippen molar-refractivity contribution in [2.75, 3.05) is 0 Å². The van der Waals surface area contributed by atoms with Crippen LogP contribution >= 0.6 is 0 Å². The van der Waals surface area contributed by atoms with Crippen molar-refractivity contribution in [3.05, 3.63) is 12.2 Å². The van der Waals surface area contributed by atoms with Crippen LogP contribution in [0, 0.1) is 0 Å². The normalized spacial score (nSPS) is 27.8. The van der Waals surface area contributed by atoms with E-state index < -0.39 is 0 Å². The molecule has 0 N–H and O–H groups in total. The van der Waals surface area contributed by atoms with Crippen LogP contribution in [0.2, 0.25) is 0 Å². The molecule has 0 aromatic rings. The van der Waals surface area contributed by atoms with Gasteiger partial charge >= 0.3 is 0 Å². The van der Waals surface area contributed by atoms with Gasteiger partial charge in [-0.2, -0.15) is 0 Å². The lowest BCUT2D eigenvalue weighted by Gasteiger charge is -2.28. The van der Waals surface area contributed by atoms with E-state index in [0.29, 0.717) is 6.10 Å². The summed E-state index contributed by atoms with van der Waals surface area (Å²) >= 11 is 0. The standard InChI is InChI=1S/C12H22O/c1-12(2,3)13-11-9-7-5-4-6-8-10-11/h4-5,11H,6-10H2,1-3H3/b5-4-. The molecule has 0 bridgehead atoms. The van der Waals surface area contributed by atoms with Crippen LogP contribution in [0.25, 0.3) is 0 Å². The molecule has 1 unspecified atom stereocenters. The summed E-state index contributed by atoms with van der Waals surface area (Å²) in [4.78, 5) is 0. The molecule has 0 radical (unpaired) electrons. The molecule has 0 aromatic heterocycles. The van der Waals surface area contributed by atoms with E-state index in [9.17, 15) is 0 Å². The van der Waals surface area contributed by atoms with Crippen molar-refractivity contribution in [1.82, 2.24) is 0 Å². The van der Waals surface area contributed by atoms with Gasteiger partial charge in [0.05, 0.1) is 11.7 Å². The third-order valence-electron chi connectivity index (χ3n) is 2.24. The van der Waals surface area contributed by atoms with Crippen LogP contribution in [0.5, 0.6) is 0 Å². The highest BCUT2D eigenvalue weighted by Gasteiger charge is 2.18. The van der Waals surface area contributed by atoms with Crippen LogP contribution in [-0.2, 0) is 4.74 Å². The number of rotatable bonds is 1. The van der Waals surface area contributed by atoms with Gasteiger partial charge in [-0.15, -0.1) is 0 Å². The quantitative estimate of drug-likeness (QED) is 0.562. The predicted molar refractivity (Wildman–Crippen MR) is 56.9 cm³/mol. The third-order valence-corrected chi connectivity index (χ3v) is 2.24. The minimum Gasteiger partial charge on any atom is -0.373 e. The second-order valence-electron chi connectivity index (χ2n) is 4.83. The highest BCUT2D eigenvalue weighted by atomic mass is 16.5. The van der Waals surface area contributed by atoms with E-state index in [1.807, 2.05) is 0 Å². The van der Waals surface area contributed by atoms with Gasteiger partial charge in [-0.05, 0) is 52.9 Å². The third kappa shape index (κ3) is 5.09. The van der Waals surface area contributed by atoms with Crippen molar-refractivity contribution >= 4 is 0 Å². The maximum Gasteiger partial charge on any atom is 0.0602 e. The molecule has 76 valence electrons. The van der Waals surface area contributed by atoms with E-state index in [1.54, 1.807) is 0 Å². The lowest BCUT2D eigenvalue weighted by Crippen LogP contribution is -2.27. The van der Waals surface area contributed by atoms with Crippen LogP contribution in [0.4, 0.5) is 0 Å². The predicted octanol–water partition coefficient (Wildman–Crippen LogP) is 3.69. The molecular weight excluding hydrogens is 160 g/mol. The first-order valence-electron chi connectivity index (χ1n) is 5.41. The minimum absolute atomic E-state index is 0.0214. The Hall–Kier alpha value is -0.300. The lowest BCUT2D eigenvalue weighted by molar-refractivity contribution is -0.0665. The molecule has 0 fully saturated rings. The highest BCUT2D eigenvalue weighted by Crippen LogP contribution is 2.20. The Balaban J connectivity index is 2.36. The monoisotopic (exact) mass is 182 g/mol. The Morgan fingerprint density at radius 3 is 2.46 bits per heavy atom. The fraction of sp³-hybridized carbons (Fsp3) is 0.833. The van der Waals surface area contributed by atoms with Crippen molar-refractivity contribution in [3.8, 4) is 0 Å². The van der Waals surface area contributed by atoms with Gasteiger partial charge < -0.3 is 4.74 Å². The topological polar surface area (TPSA) is 9.23 Å². The van der Waals surface area contributed by atoms with E-state index in [2.05, 4.69) is 32.9 Å². The second-order valence-corrected chi connectivity index (χ2v) is 4.83. The van der Waals surface area contributed by atoms with Crippen molar-refractivity contribution in [2.45, 2.75) is 64.6 Å². The van der Waals surface area contributed by atoms with Crippen LogP contribution in [0.15, 0.2) is 12.2 Å². The van der Waals surface area contributed by atoms with Crippen LogP contribution in [0.3, 0.4) is 0 Å². The molecule has 1 rings (SSSR count). The van der Waals surface area contributed by atoms with Crippen LogP contribution < -0.4 is 0 Å². The summed E-state index contributed by atoms with van der Waals surface area (Å²) in [5.74, 6) is 0. The highest BCUT2D eigenvalue weighted by molar-refractivity contribution is 4.85. The minimum atomic E-state index is 0.0214. The van der Waals surface area contributed by atoms with Gasteiger partial charge in [0.25, 0.3) is 0 Å². The Morgan fingerprint density at radius 2 is 1.77 bits per heavy atom. The molecule has 1 nitrogen and oxygen atoms in total. The van der Waals surface area contributed by atoms with E-state index in [4.69, 9.17) is 4.74 Å². The Morgan fingerprint density at radius 1 is 1.08 bits per heavy atom. The molecule has 0 aliphatic heterocycles. The van der Waals surface area contributed by atoms with Crippen molar-refractivity contribution in [2.24, 2.45) is 0 Å². The maximum atomic E-state index is 5.98.